The maximum atomic E-state index is 13.7. The van der Waals surface area contributed by atoms with Crippen LogP contribution in [0.25, 0.3) is 22.6 Å². The largest absolute Gasteiger partial charge is 0.381 e. The third kappa shape index (κ3) is 3.98. The molecular weight excluding hydrogens is 345 g/mol. The summed E-state index contributed by atoms with van der Waals surface area (Å²) in [6.45, 7) is 2.37. The third-order valence-electron chi connectivity index (χ3n) is 4.76. The minimum absolute atomic E-state index is 0.294. The van der Waals surface area contributed by atoms with E-state index < -0.39 is 0 Å². The van der Waals surface area contributed by atoms with Crippen LogP contribution in [0.15, 0.2) is 42.9 Å². The van der Waals surface area contributed by atoms with Gasteiger partial charge in [-0.05, 0) is 36.5 Å². The SMILES string of the molecule is Cn1ccnc1-c1nc(NC[C@@H]2CCCOC2)ncc1-c1cccc(F)c1. The molecule has 6 nitrogen and oxygen atoms in total. The van der Waals surface area contributed by atoms with Gasteiger partial charge in [0.05, 0.1) is 6.61 Å². The van der Waals surface area contributed by atoms with Crippen LogP contribution in [0, 0.1) is 11.7 Å². The predicted molar refractivity (Wildman–Crippen MR) is 102 cm³/mol. The zero-order valence-electron chi connectivity index (χ0n) is 15.2. The molecule has 0 unspecified atom stereocenters. The fourth-order valence-corrected chi connectivity index (χ4v) is 3.30. The Morgan fingerprint density at radius 3 is 3.00 bits per heavy atom. The van der Waals surface area contributed by atoms with Crippen LogP contribution in [-0.2, 0) is 11.8 Å². The molecule has 1 atom stereocenters. The Hall–Kier alpha value is -2.80. The van der Waals surface area contributed by atoms with E-state index in [1.807, 2.05) is 23.9 Å². The van der Waals surface area contributed by atoms with Crippen molar-refractivity contribution in [2.24, 2.45) is 13.0 Å². The summed E-state index contributed by atoms with van der Waals surface area (Å²) in [7, 11) is 1.91. The summed E-state index contributed by atoms with van der Waals surface area (Å²) in [5.74, 6) is 1.42. The molecule has 1 aromatic carbocycles. The quantitative estimate of drug-likeness (QED) is 0.747. The van der Waals surface area contributed by atoms with Crippen LogP contribution in [0.3, 0.4) is 0 Å². The Kier molecular flexibility index (Phi) is 5.11. The van der Waals surface area contributed by atoms with Gasteiger partial charge in [0.25, 0.3) is 0 Å². The molecule has 2 aromatic heterocycles. The maximum Gasteiger partial charge on any atom is 0.223 e. The molecule has 3 aromatic rings. The molecule has 0 spiro atoms. The summed E-state index contributed by atoms with van der Waals surface area (Å²) in [6, 6.07) is 6.44. The first kappa shape index (κ1) is 17.6. The molecule has 0 aliphatic carbocycles. The highest BCUT2D eigenvalue weighted by atomic mass is 19.1. The van der Waals surface area contributed by atoms with Crippen molar-refractivity contribution in [3.05, 3.63) is 48.7 Å². The molecule has 0 radical (unpaired) electrons. The summed E-state index contributed by atoms with van der Waals surface area (Å²) in [5.41, 5.74) is 2.14. The lowest BCUT2D eigenvalue weighted by Crippen LogP contribution is -2.25. The highest BCUT2D eigenvalue weighted by molar-refractivity contribution is 5.78. The van der Waals surface area contributed by atoms with Gasteiger partial charge >= 0.3 is 0 Å². The van der Waals surface area contributed by atoms with Gasteiger partial charge in [0.1, 0.15) is 11.5 Å². The fraction of sp³-hybridized carbons (Fsp3) is 0.350. The average Bonchev–Trinajstić information content (AvgIpc) is 3.13. The molecule has 1 fully saturated rings. The number of rotatable bonds is 5. The van der Waals surface area contributed by atoms with E-state index in [0.717, 1.165) is 43.7 Å². The average molecular weight is 367 g/mol. The van der Waals surface area contributed by atoms with Crippen LogP contribution in [-0.4, -0.2) is 39.3 Å². The Morgan fingerprint density at radius 1 is 1.33 bits per heavy atom. The van der Waals surface area contributed by atoms with Crippen molar-refractivity contribution in [3.8, 4) is 22.6 Å². The number of ether oxygens (including phenoxy) is 1. The Bertz CT molecular complexity index is 920. The van der Waals surface area contributed by atoms with Crippen molar-refractivity contribution in [1.82, 2.24) is 19.5 Å². The smallest absolute Gasteiger partial charge is 0.223 e. The van der Waals surface area contributed by atoms with Gasteiger partial charge in [0, 0.05) is 44.4 Å². The highest BCUT2D eigenvalue weighted by Crippen LogP contribution is 2.30. The van der Waals surface area contributed by atoms with Crippen LogP contribution >= 0.6 is 0 Å². The lowest BCUT2D eigenvalue weighted by molar-refractivity contribution is 0.0594. The number of hydrogen-bond acceptors (Lipinski definition) is 5. The molecule has 4 rings (SSSR count). The summed E-state index contributed by atoms with van der Waals surface area (Å²) >= 11 is 0. The first-order valence-corrected chi connectivity index (χ1v) is 9.13. The fourth-order valence-electron chi connectivity index (χ4n) is 3.30. The van der Waals surface area contributed by atoms with Crippen molar-refractivity contribution in [1.29, 1.82) is 0 Å². The summed E-state index contributed by atoms with van der Waals surface area (Å²) in [6.07, 6.45) is 7.54. The molecule has 140 valence electrons. The van der Waals surface area contributed by atoms with Gasteiger partial charge in [0.15, 0.2) is 5.82 Å². The van der Waals surface area contributed by atoms with Gasteiger partial charge in [-0.3, -0.25) is 0 Å². The Labute approximate surface area is 157 Å². The minimum atomic E-state index is -0.294. The van der Waals surface area contributed by atoms with Crippen molar-refractivity contribution >= 4 is 5.95 Å². The number of nitrogens with one attached hydrogen (secondary N) is 1. The summed E-state index contributed by atoms with van der Waals surface area (Å²) in [4.78, 5) is 13.6. The van der Waals surface area contributed by atoms with Crippen molar-refractivity contribution in [2.75, 3.05) is 25.1 Å². The van der Waals surface area contributed by atoms with Gasteiger partial charge in [0.2, 0.25) is 5.95 Å². The standard InChI is InChI=1S/C20H22FN5O/c1-26-8-7-22-19(26)18-17(15-5-2-6-16(21)10-15)12-24-20(25-18)23-11-14-4-3-9-27-13-14/h2,5-8,10,12,14H,3-4,9,11,13H2,1H3,(H,23,24,25)/t14-/m0/s1. The zero-order chi connectivity index (χ0) is 18.6. The maximum absolute atomic E-state index is 13.7. The highest BCUT2D eigenvalue weighted by Gasteiger charge is 2.17. The number of aromatic nitrogens is 4. The van der Waals surface area contributed by atoms with Crippen molar-refractivity contribution in [2.45, 2.75) is 12.8 Å². The van der Waals surface area contributed by atoms with Gasteiger partial charge in [-0.15, -0.1) is 0 Å². The predicted octanol–water partition coefficient (Wildman–Crippen LogP) is 3.52. The number of nitrogens with zero attached hydrogens (tertiary/aromatic N) is 4. The summed E-state index contributed by atoms with van der Waals surface area (Å²) < 4.78 is 21.1. The normalized spacial score (nSPS) is 17.0. The molecule has 0 amide bonds. The molecule has 3 heterocycles. The van der Waals surface area contributed by atoms with Crippen molar-refractivity contribution in [3.63, 3.8) is 0 Å². The Balaban J connectivity index is 1.66. The second-order valence-corrected chi connectivity index (χ2v) is 6.79. The van der Waals surface area contributed by atoms with Crippen LogP contribution in [0.2, 0.25) is 0 Å². The van der Waals surface area contributed by atoms with E-state index in [0.29, 0.717) is 23.4 Å². The van der Waals surface area contributed by atoms with E-state index in [-0.39, 0.29) is 5.82 Å². The molecule has 1 aliphatic rings. The molecule has 1 N–H and O–H groups in total. The lowest BCUT2D eigenvalue weighted by atomic mass is 10.0. The molecule has 0 saturated carbocycles. The zero-order valence-corrected chi connectivity index (χ0v) is 15.2. The van der Waals surface area contributed by atoms with E-state index in [4.69, 9.17) is 9.72 Å². The lowest BCUT2D eigenvalue weighted by Gasteiger charge is -2.22. The Morgan fingerprint density at radius 2 is 2.26 bits per heavy atom. The van der Waals surface area contributed by atoms with E-state index in [1.54, 1.807) is 18.5 Å². The van der Waals surface area contributed by atoms with E-state index >= 15 is 0 Å². The molecule has 0 bridgehead atoms. The van der Waals surface area contributed by atoms with Crippen molar-refractivity contribution < 1.29 is 9.13 Å². The minimum Gasteiger partial charge on any atom is -0.381 e. The molecule has 1 saturated heterocycles. The number of aryl methyl sites for hydroxylation is 1. The molecule has 7 heteroatoms. The van der Waals surface area contributed by atoms with E-state index in [2.05, 4.69) is 15.3 Å². The van der Waals surface area contributed by atoms with Crippen LogP contribution in [0.5, 0.6) is 0 Å². The van der Waals surface area contributed by atoms with Gasteiger partial charge < -0.3 is 14.6 Å². The first-order chi connectivity index (χ1) is 13.2. The van der Waals surface area contributed by atoms with E-state index in [9.17, 15) is 4.39 Å². The number of imidazole rings is 1. The number of anilines is 1. The van der Waals surface area contributed by atoms with Crippen LogP contribution in [0.4, 0.5) is 10.3 Å². The van der Waals surface area contributed by atoms with Gasteiger partial charge in [-0.1, -0.05) is 12.1 Å². The monoisotopic (exact) mass is 367 g/mol. The second kappa shape index (κ2) is 7.84. The van der Waals surface area contributed by atoms with Crippen LogP contribution in [0.1, 0.15) is 12.8 Å². The first-order valence-electron chi connectivity index (χ1n) is 9.13. The number of benzene rings is 1. The summed E-state index contributed by atoms with van der Waals surface area (Å²) in [5, 5.41) is 3.31. The number of halogens is 1. The molecule has 1 aliphatic heterocycles. The van der Waals surface area contributed by atoms with E-state index in [1.165, 1.54) is 12.1 Å². The van der Waals surface area contributed by atoms with Gasteiger partial charge in [-0.2, -0.15) is 0 Å². The van der Waals surface area contributed by atoms with Crippen LogP contribution < -0.4 is 5.32 Å². The second-order valence-electron chi connectivity index (χ2n) is 6.79. The molecular formula is C20H22FN5O. The molecule has 27 heavy (non-hydrogen) atoms. The number of hydrogen-bond donors (Lipinski definition) is 1. The third-order valence-corrected chi connectivity index (χ3v) is 4.76. The topological polar surface area (TPSA) is 64.9 Å². The van der Waals surface area contributed by atoms with Gasteiger partial charge in [-0.25, -0.2) is 19.3 Å².